The van der Waals surface area contributed by atoms with E-state index in [0.717, 1.165) is 25.2 Å². The van der Waals surface area contributed by atoms with Gasteiger partial charge in [-0.2, -0.15) is 0 Å². The van der Waals surface area contributed by atoms with E-state index in [0.29, 0.717) is 52.3 Å². The Morgan fingerprint density at radius 1 is 1.12 bits per heavy atom. The fourth-order valence-corrected chi connectivity index (χ4v) is 4.50. The summed E-state index contributed by atoms with van der Waals surface area (Å²) in [5, 5.41) is 8.52. The first-order chi connectivity index (χ1) is 19.1. The van der Waals surface area contributed by atoms with E-state index in [1.807, 2.05) is 13.8 Å². The molecule has 2 aromatic rings. The molecule has 0 bridgehead atoms. The number of hydrogen-bond acceptors (Lipinski definition) is 7. The van der Waals surface area contributed by atoms with E-state index in [2.05, 4.69) is 39.7 Å². The lowest BCUT2D eigenvalue weighted by Gasteiger charge is -2.18. The van der Waals surface area contributed by atoms with Crippen molar-refractivity contribution in [3.05, 3.63) is 46.3 Å². The van der Waals surface area contributed by atoms with E-state index >= 15 is 0 Å². The molecular formula is C29H37N5O6. The van der Waals surface area contributed by atoms with Crippen LogP contribution < -0.4 is 16.0 Å². The second-order valence-electron chi connectivity index (χ2n) is 9.60. The van der Waals surface area contributed by atoms with Crippen molar-refractivity contribution < 1.29 is 28.7 Å². The number of hydrogen-bond donors (Lipinski definition) is 4. The molecule has 11 nitrogen and oxygen atoms in total. The van der Waals surface area contributed by atoms with Gasteiger partial charge in [-0.25, -0.2) is 0 Å². The normalized spacial score (nSPS) is 14.1. The molecule has 40 heavy (non-hydrogen) atoms. The highest BCUT2D eigenvalue weighted by atomic mass is 16.5. The number of benzene rings is 1. The van der Waals surface area contributed by atoms with Crippen LogP contribution >= 0.6 is 0 Å². The number of aryl methyl sites for hydroxylation is 1. The fraction of sp³-hybridized carbons (Fsp3) is 0.414. The number of aromatic nitrogens is 1. The SMILES string of the molecule is CCN(CC)CCNC(=O)c1c(C)[nH]c(/C=C2\C(=O)Nc3ccc(NC(=O)CCC(=O)OC(C)C=O)cc32)c1C. The number of likely N-dealkylation sites (N-methyl/N-ethyl adjacent to an activating group) is 1. The lowest BCUT2D eigenvalue weighted by atomic mass is 10.0. The van der Waals surface area contributed by atoms with Crippen molar-refractivity contribution in [2.24, 2.45) is 0 Å². The molecule has 0 fully saturated rings. The molecule has 1 aliphatic heterocycles. The van der Waals surface area contributed by atoms with Crippen molar-refractivity contribution >= 4 is 53.0 Å². The Hall–Kier alpha value is -4.25. The lowest BCUT2D eigenvalue weighted by molar-refractivity contribution is -0.151. The minimum absolute atomic E-state index is 0.123. The summed E-state index contributed by atoms with van der Waals surface area (Å²) in [6, 6.07) is 5.01. The van der Waals surface area contributed by atoms with Crippen LogP contribution in [-0.4, -0.2) is 72.1 Å². The number of carbonyl (C=O) groups excluding carboxylic acids is 5. The molecule has 1 unspecified atom stereocenters. The monoisotopic (exact) mass is 551 g/mol. The van der Waals surface area contributed by atoms with Crippen LogP contribution in [0, 0.1) is 13.8 Å². The Bertz CT molecular complexity index is 1320. The number of fused-ring (bicyclic) bond motifs is 1. The van der Waals surface area contributed by atoms with Gasteiger partial charge in [0, 0.05) is 47.8 Å². The molecule has 4 N–H and O–H groups in total. The molecule has 0 aliphatic carbocycles. The summed E-state index contributed by atoms with van der Waals surface area (Å²) in [5.41, 5.74) is 4.64. The predicted molar refractivity (Wildman–Crippen MR) is 153 cm³/mol. The van der Waals surface area contributed by atoms with Gasteiger partial charge < -0.3 is 30.6 Å². The van der Waals surface area contributed by atoms with Gasteiger partial charge in [-0.1, -0.05) is 13.8 Å². The Morgan fingerprint density at radius 3 is 2.52 bits per heavy atom. The second kappa shape index (κ2) is 13.7. The highest BCUT2D eigenvalue weighted by Crippen LogP contribution is 2.36. The minimum Gasteiger partial charge on any atom is -0.455 e. The molecule has 2 heterocycles. The van der Waals surface area contributed by atoms with Crippen LogP contribution in [0.2, 0.25) is 0 Å². The zero-order chi connectivity index (χ0) is 29.4. The van der Waals surface area contributed by atoms with Gasteiger partial charge in [0.05, 0.1) is 17.6 Å². The molecular weight excluding hydrogens is 514 g/mol. The Morgan fingerprint density at radius 2 is 1.85 bits per heavy atom. The standard InChI is InChI=1S/C29H37N5O6/c1-6-34(7-2)13-12-30-29(39)27-18(4)24(31-19(27)5)15-22-21-14-20(8-9-23(21)33-28(22)38)32-25(36)10-11-26(37)40-17(3)16-35/h8-9,14-17,31H,6-7,10-13H2,1-5H3,(H,30,39)(H,32,36)(H,33,38)/b22-15-. The van der Waals surface area contributed by atoms with Crippen molar-refractivity contribution in [2.75, 3.05) is 36.8 Å². The molecule has 1 aliphatic rings. The van der Waals surface area contributed by atoms with Crippen molar-refractivity contribution in [1.29, 1.82) is 0 Å². The van der Waals surface area contributed by atoms with Crippen molar-refractivity contribution in [3.63, 3.8) is 0 Å². The first-order valence-electron chi connectivity index (χ1n) is 13.4. The molecule has 1 aromatic heterocycles. The first-order valence-corrected chi connectivity index (χ1v) is 13.4. The molecule has 11 heteroatoms. The number of aromatic amines is 1. The number of nitrogens with one attached hydrogen (secondary N) is 4. The lowest BCUT2D eigenvalue weighted by Crippen LogP contribution is -2.35. The van der Waals surface area contributed by atoms with Crippen LogP contribution in [0.15, 0.2) is 18.2 Å². The third kappa shape index (κ3) is 7.44. The minimum atomic E-state index is -0.863. The topological polar surface area (TPSA) is 150 Å². The summed E-state index contributed by atoms with van der Waals surface area (Å²) in [6.07, 6.45) is 1.05. The van der Waals surface area contributed by atoms with Gasteiger partial charge in [-0.05, 0) is 63.7 Å². The molecule has 3 amide bonds. The zero-order valence-electron chi connectivity index (χ0n) is 23.6. The maximum absolute atomic E-state index is 12.9. The summed E-state index contributed by atoms with van der Waals surface area (Å²) < 4.78 is 4.85. The molecule has 0 radical (unpaired) electrons. The fourth-order valence-electron chi connectivity index (χ4n) is 4.50. The van der Waals surface area contributed by atoms with Crippen LogP contribution in [0.4, 0.5) is 11.4 Å². The highest BCUT2D eigenvalue weighted by molar-refractivity contribution is 6.35. The van der Waals surface area contributed by atoms with Crippen molar-refractivity contribution in [2.45, 2.75) is 53.6 Å². The van der Waals surface area contributed by atoms with E-state index < -0.39 is 18.0 Å². The molecule has 1 atom stereocenters. The first kappa shape index (κ1) is 30.3. The Kier molecular flexibility index (Phi) is 10.4. The van der Waals surface area contributed by atoms with Crippen molar-refractivity contribution in [3.8, 4) is 0 Å². The van der Waals surface area contributed by atoms with E-state index in [4.69, 9.17) is 4.74 Å². The summed E-state index contributed by atoms with van der Waals surface area (Å²) >= 11 is 0. The van der Waals surface area contributed by atoms with Gasteiger partial charge in [0.25, 0.3) is 11.8 Å². The Balaban J connectivity index is 1.73. The molecule has 0 spiro atoms. The van der Waals surface area contributed by atoms with Crippen LogP contribution in [0.25, 0.3) is 11.6 Å². The van der Waals surface area contributed by atoms with Gasteiger partial charge in [0.2, 0.25) is 5.91 Å². The summed E-state index contributed by atoms with van der Waals surface area (Å²) in [4.78, 5) is 65.9. The summed E-state index contributed by atoms with van der Waals surface area (Å²) in [6.45, 7) is 12.4. The van der Waals surface area contributed by atoms with Crippen LogP contribution in [-0.2, 0) is 23.9 Å². The van der Waals surface area contributed by atoms with E-state index in [-0.39, 0.29) is 24.7 Å². The second-order valence-corrected chi connectivity index (χ2v) is 9.60. The third-order valence-electron chi connectivity index (χ3n) is 6.75. The largest absolute Gasteiger partial charge is 0.455 e. The van der Waals surface area contributed by atoms with Gasteiger partial charge in [0.15, 0.2) is 12.4 Å². The number of esters is 1. The zero-order valence-corrected chi connectivity index (χ0v) is 23.6. The summed E-state index contributed by atoms with van der Waals surface area (Å²) in [7, 11) is 0. The van der Waals surface area contributed by atoms with Crippen molar-refractivity contribution in [1.82, 2.24) is 15.2 Å². The molecule has 0 saturated heterocycles. The molecule has 214 valence electrons. The average molecular weight is 552 g/mol. The van der Waals surface area contributed by atoms with Gasteiger partial charge in [-0.15, -0.1) is 0 Å². The van der Waals surface area contributed by atoms with Crippen LogP contribution in [0.5, 0.6) is 0 Å². The molecule has 0 saturated carbocycles. The van der Waals surface area contributed by atoms with E-state index in [9.17, 15) is 24.0 Å². The number of rotatable bonds is 13. The maximum atomic E-state index is 12.9. The average Bonchev–Trinajstić information content (AvgIpc) is 3.38. The number of H-pyrrole nitrogens is 1. The van der Waals surface area contributed by atoms with Gasteiger partial charge >= 0.3 is 5.97 Å². The van der Waals surface area contributed by atoms with Crippen LogP contribution in [0.3, 0.4) is 0 Å². The molecule has 3 rings (SSSR count). The number of carbonyl (C=O) groups is 5. The maximum Gasteiger partial charge on any atom is 0.307 e. The van der Waals surface area contributed by atoms with E-state index in [1.165, 1.54) is 6.92 Å². The van der Waals surface area contributed by atoms with Crippen LogP contribution in [0.1, 0.15) is 66.5 Å². The smallest absolute Gasteiger partial charge is 0.307 e. The molecule has 1 aromatic carbocycles. The predicted octanol–water partition coefficient (Wildman–Crippen LogP) is 3.05. The number of anilines is 2. The number of ether oxygens (including phenoxy) is 1. The van der Waals surface area contributed by atoms with Gasteiger partial charge in [-0.3, -0.25) is 24.0 Å². The third-order valence-corrected chi connectivity index (χ3v) is 6.75. The number of aldehydes is 1. The quantitative estimate of drug-likeness (QED) is 0.170. The number of amides is 3. The van der Waals surface area contributed by atoms with E-state index in [1.54, 1.807) is 24.3 Å². The van der Waals surface area contributed by atoms with Gasteiger partial charge in [0.1, 0.15) is 0 Å². The Labute approximate surface area is 233 Å². The number of nitrogens with zero attached hydrogens (tertiary/aromatic N) is 1. The summed E-state index contributed by atoms with van der Waals surface area (Å²) in [5.74, 6) is -1.53. The highest BCUT2D eigenvalue weighted by Gasteiger charge is 2.26.